The highest BCUT2D eigenvalue weighted by Crippen LogP contribution is 2.11. The first-order valence-electron chi connectivity index (χ1n) is 6.73. The van der Waals surface area contributed by atoms with Gasteiger partial charge in [0.05, 0.1) is 11.6 Å². The molecule has 0 radical (unpaired) electrons. The molecule has 0 amide bonds. The normalized spacial score (nSPS) is 10.2. The minimum Gasteiger partial charge on any atom is -0.330 e. The molecule has 4 heteroatoms. The van der Waals surface area contributed by atoms with Gasteiger partial charge in [-0.15, -0.1) is 0 Å². The van der Waals surface area contributed by atoms with Gasteiger partial charge in [-0.1, -0.05) is 18.2 Å². The fourth-order valence-corrected chi connectivity index (χ4v) is 2.27. The molecule has 21 heavy (non-hydrogen) atoms. The van der Waals surface area contributed by atoms with Crippen LogP contribution in [-0.4, -0.2) is 14.5 Å². The zero-order valence-electron chi connectivity index (χ0n) is 11.5. The standard InChI is InChI=1S/C17H14N4/c18-11-14-3-1-4-16(9-14)13-21-8-7-20-17(21)10-15-5-2-6-19-12-15/h1-9,12H,10,13H2. The Labute approximate surface area is 123 Å². The highest BCUT2D eigenvalue weighted by molar-refractivity contribution is 5.33. The van der Waals surface area contributed by atoms with Crippen molar-refractivity contribution in [3.63, 3.8) is 0 Å². The van der Waals surface area contributed by atoms with E-state index < -0.39 is 0 Å². The number of imidazole rings is 1. The number of pyridine rings is 1. The third-order valence-electron chi connectivity index (χ3n) is 3.30. The van der Waals surface area contributed by atoms with Crippen LogP contribution in [-0.2, 0) is 13.0 Å². The summed E-state index contributed by atoms with van der Waals surface area (Å²) in [6, 6.07) is 13.8. The van der Waals surface area contributed by atoms with Crippen LogP contribution < -0.4 is 0 Å². The minimum absolute atomic E-state index is 0.682. The van der Waals surface area contributed by atoms with E-state index in [0.717, 1.165) is 23.4 Å². The third-order valence-corrected chi connectivity index (χ3v) is 3.30. The van der Waals surface area contributed by atoms with Crippen LogP contribution in [0.4, 0.5) is 0 Å². The SMILES string of the molecule is N#Cc1cccc(Cn2ccnc2Cc2cccnc2)c1. The van der Waals surface area contributed by atoms with E-state index in [0.29, 0.717) is 12.1 Å². The fourth-order valence-electron chi connectivity index (χ4n) is 2.27. The molecule has 102 valence electrons. The highest BCUT2D eigenvalue weighted by atomic mass is 15.1. The first-order chi connectivity index (χ1) is 10.3. The van der Waals surface area contributed by atoms with Gasteiger partial charge in [-0.2, -0.15) is 5.26 Å². The molecular formula is C17H14N4. The second kappa shape index (κ2) is 6.02. The summed E-state index contributed by atoms with van der Waals surface area (Å²) in [7, 11) is 0. The van der Waals surface area contributed by atoms with Crippen molar-refractivity contribution < 1.29 is 0 Å². The predicted octanol–water partition coefficient (Wildman–Crippen LogP) is 2.79. The first kappa shape index (κ1) is 13.1. The Morgan fingerprint density at radius 2 is 2.00 bits per heavy atom. The molecule has 2 aromatic heterocycles. The van der Waals surface area contributed by atoms with Gasteiger partial charge >= 0.3 is 0 Å². The second-order valence-corrected chi connectivity index (χ2v) is 4.82. The number of aromatic nitrogens is 3. The van der Waals surface area contributed by atoms with E-state index in [2.05, 4.69) is 20.6 Å². The minimum atomic E-state index is 0.682. The topological polar surface area (TPSA) is 54.5 Å². The Hall–Kier alpha value is -2.93. The number of nitriles is 1. The quantitative estimate of drug-likeness (QED) is 0.735. The maximum Gasteiger partial charge on any atom is 0.113 e. The van der Waals surface area contributed by atoms with Crippen LogP contribution in [0, 0.1) is 11.3 Å². The van der Waals surface area contributed by atoms with Crippen molar-refractivity contribution in [2.75, 3.05) is 0 Å². The van der Waals surface area contributed by atoms with Gasteiger partial charge in [-0.05, 0) is 29.3 Å². The fraction of sp³-hybridized carbons (Fsp3) is 0.118. The van der Waals surface area contributed by atoms with E-state index in [1.807, 2.05) is 48.8 Å². The molecule has 4 nitrogen and oxygen atoms in total. The van der Waals surface area contributed by atoms with Gasteiger partial charge in [0.1, 0.15) is 5.82 Å². The van der Waals surface area contributed by atoms with Crippen molar-refractivity contribution in [1.29, 1.82) is 5.26 Å². The van der Waals surface area contributed by atoms with Crippen molar-refractivity contribution in [3.8, 4) is 6.07 Å². The number of rotatable bonds is 4. The summed E-state index contributed by atoms with van der Waals surface area (Å²) in [6.07, 6.45) is 8.14. The summed E-state index contributed by atoms with van der Waals surface area (Å²) in [5.41, 5.74) is 2.91. The lowest BCUT2D eigenvalue weighted by molar-refractivity contribution is 0.739. The second-order valence-electron chi connectivity index (χ2n) is 4.82. The van der Waals surface area contributed by atoms with Crippen molar-refractivity contribution >= 4 is 0 Å². The Bertz CT molecular complexity index is 769. The Morgan fingerprint density at radius 3 is 2.81 bits per heavy atom. The molecule has 0 spiro atoms. The molecule has 0 aliphatic rings. The lowest BCUT2D eigenvalue weighted by Crippen LogP contribution is -2.05. The molecule has 0 atom stereocenters. The zero-order chi connectivity index (χ0) is 14.5. The van der Waals surface area contributed by atoms with Crippen LogP contribution in [0.5, 0.6) is 0 Å². The van der Waals surface area contributed by atoms with Crippen LogP contribution in [0.3, 0.4) is 0 Å². The molecule has 0 bridgehead atoms. The van der Waals surface area contributed by atoms with Gasteiger partial charge in [0, 0.05) is 37.8 Å². The summed E-state index contributed by atoms with van der Waals surface area (Å²) >= 11 is 0. The van der Waals surface area contributed by atoms with E-state index in [4.69, 9.17) is 5.26 Å². The van der Waals surface area contributed by atoms with Crippen LogP contribution >= 0.6 is 0 Å². The maximum absolute atomic E-state index is 8.96. The molecule has 0 fully saturated rings. The summed E-state index contributed by atoms with van der Waals surface area (Å²) in [5, 5.41) is 8.96. The van der Waals surface area contributed by atoms with Crippen molar-refractivity contribution in [1.82, 2.24) is 14.5 Å². The van der Waals surface area contributed by atoms with Gasteiger partial charge in [0.2, 0.25) is 0 Å². The molecular weight excluding hydrogens is 260 g/mol. The Morgan fingerprint density at radius 1 is 1.10 bits per heavy atom. The Balaban J connectivity index is 1.81. The number of hydrogen-bond acceptors (Lipinski definition) is 3. The molecule has 0 saturated carbocycles. The molecule has 1 aromatic carbocycles. The van der Waals surface area contributed by atoms with Crippen LogP contribution in [0.1, 0.15) is 22.5 Å². The van der Waals surface area contributed by atoms with E-state index >= 15 is 0 Å². The predicted molar refractivity (Wildman–Crippen MR) is 79.5 cm³/mol. The van der Waals surface area contributed by atoms with Gasteiger partial charge < -0.3 is 4.57 Å². The van der Waals surface area contributed by atoms with Gasteiger partial charge in [-0.3, -0.25) is 4.98 Å². The number of hydrogen-bond donors (Lipinski definition) is 0. The van der Waals surface area contributed by atoms with E-state index in [9.17, 15) is 0 Å². The zero-order valence-corrected chi connectivity index (χ0v) is 11.5. The molecule has 3 aromatic rings. The molecule has 0 N–H and O–H groups in total. The molecule has 2 heterocycles. The molecule has 3 rings (SSSR count). The van der Waals surface area contributed by atoms with Gasteiger partial charge in [0.25, 0.3) is 0 Å². The smallest absolute Gasteiger partial charge is 0.113 e. The summed E-state index contributed by atoms with van der Waals surface area (Å²) in [5.74, 6) is 0.991. The monoisotopic (exact) mass is 274 g/mol. The van der Waals surface area contributed by atoms with E-state index in [1.165, 1.54) is 0 Å². The summed E-state index contributed by atoms with van der Waals surface area (Å²) < 4.78 is 2.10. The molecule has 0 aliphatic heterocycles. The molecule has 0 unspecified atom stereocenters. The number of benzene rings is 1. The van der Waals surface area contributed by atoms with Crippen LogP contribution in [0.25, 0.3) is 0 Å². The largest absolute Gasteiger partial charge is 0.330 e. The van der Waals surface area contributed by atoms with Crippen molar-refractivity contribution in [3.05, 3.63) is 83.7 Å². The number of nitrogens with zero attached hydrogens (tertiary/aromatic N) is 4. The molecule has 0 aliphatic carbocycles. The van der Waals surface area contributed by atoms with Gasteiger partial charge in [0.15, 0.2) is 0 Å². The van der Waals surface area contributed by atoms with Crippen LogP contribution in [0.2, 0.25) is 0 Å². The lowest BCUT2D eigenvalue weighted by Gasteiger charge is -2.08. The van der Waals surface area contributed by atoms with Gasteiger partial charge in [-0.25, -0.2) is 4.98 Å². The maximum atomic E-state index is 8.96. The average Bonchev–Trinajstić information content (AvgIpc) is 2.95. The Kier molecular flexibility index (Phi) is 3.74. The third kappa shape index (κ3) is 3.15. The first-order valence-corrected chi connectivity index (χ1v) is 6.73. The molecule has 0 saturated heterocycles. The van der Waals surface area contributed by atoms with Crippen LogP contribution in [0.15, 0.2) is 61.2 Å². The highest BCUT2D eigenvalue weighted by Gasteiger charge is 2.05. The summed E-state index contributed by atoms with van der Waals surface area (Å²) in [4.78, 5) is 8.55. The average molecular weight is 274 g/mol. The van der Waals surface area contributed by atoms with Crippen molar-refractivity contribution in [2.45, 2.75) is 13.0 Å². The van der Waals surface area contributed by atoms with Crippen molar-refractivity contribution in [2.24, 2.45) is 0 Å². The van der Waals surface area contributed by atoms with E-state index in [1.54, 1.807) is 12.4 Å². The summed E-state index contributed by atoms with van der Waals surface area (Å²) in [6.45, 7) is 0.713. The van der Waals surface area contributed by atoms with E-state index in [-0.39, 0.29) is 0 Å². The lowest BCUT2D eigenvalue weighted by atomic mass is 10.1.